The van der Waals surface area contributed by atoms with Crippen LogP contribution in [0.4, 0.5) is 0 Å². The first-order valence-corrected chi connectivity index (χ1v) is 7.56. The lowest BCUT2D eigenvalue weighted by Crippen LogP contribution is -2.44. The molecule has 0 radical (unpaired) electrons. The van der Waals surface area contributed by atoms with Crippen molar-refractivity contribution in [3.05, 3.63) is 24.0 Å². The highest BCUT2D eigenvalue weighted by atomic mass is 16.5. The van der Waals surface area contributed by atoms with Gasteiger partial charge in [-0.05, 0) is 30.9 Å². The maximum Gasteiger partial charge on any atom is 0.260 e. The second kappa shape index (κ2) is 7.41. The van der Waals surface area contributed by atoms with Crippen LogP contribution in [-0.4, -0.2) is 40.6 Å². The van der Waals surface area contributed by atoms with Gasteiger partial charge in [0.25, 0.3) is 5.91 Å². The van der Waals surface area contributed by atoms with Crippen LogP contribution in [0.5, 0.6) is 5.75 Å². The molecule has 2 rings (SSSR count). The number of aromatic nitrogens is 1. The summed E-state index contributed by atoms with van der Waals surface area (Å²) in [6.45, 7) is 2.15. The van der Waals surface area contributed by atoms with Crippen LogP contribution in [0.15, 0.2) is 18.3 Å². The molecule has 2 unspecified atom stereocenters. The number of nitrogens with zero attached hydrogens (tertiary/aromatic N) is 2. The predicted octanol–water partition coefficient (Wildman–Crippen LogP) is 1.99. The summed E-state index contributed by atoms with van der Waals surface area (Å²) in [4.78, 5) is 18.1. The highest BCUT2D eigenvalue weighted by molar-refractivity contribution is 5.77. The van der Waals surface area contributed by atoms with Gasteiger partial charge in [-0.1, -0.05) is 19.8 Å². The van der Waals surface area contributed by atoms with Crippen LogP contribution in [0, 0.1) is 5.92 Å². The molecule has 1 fully saturated rings. The molecule has 1 aliphatic carbocycles. The molecular formula is C16H24N2O3. The standard InChI is InChI=1S/C16H24N2O3/c1-12-5-3-4-6-15(12)18(2)16(20)11-21-14-8-7-13(10-19)17-9-14/h7-9,12,15,19H,3-6,10-11H2,1-2H3. The molecule has 1 heterocycles. The molecule has 1 aromatic rings. The number of ether oxygens (including phenoxy) is 1. The van der Waals surface area contributed by atoms with Crippen LogP contribution in [-0.2, 0) is 11.4 Å². The molecule has 0 spiro atoms. The molecule has 0 aromatic carbocycles. The molecule has 0 bridgehead atoms. The maximum absolute atomic E-state index is 12.2. The Hall–Kier alpha value is -1.62. The van der Waals surface area contributed by atoms with Crippen LogP contribution >= 0.6 is 0 Å². The van der Waals surface area contributed by atoms with Crippen molar-refractivity contribution in [3.63, 3.8) is 0 Å². The van der Waals surface area contributed by atoms with Gasteiger partial charge in [-0.3, -0.25) is 9.78 Å². The van der Waals surface area contributed by atoms with E-state index in [2.05, 4.69) is 11.9 Å². The van der Waals surface area contributed by atoms with Crippen molar-refractivity contribution < 1.29 is 14.6 Å². The lowest BCUT2D eigenvalue weighted by atomic mass is 9.85. The van der Waals surface area contributed by atoms with Gasteiger partial charge < -0.3 is 14.7 Å². The molecule has 1 aromatic heterocycles. The Balaban J connectivity index is 1.85. The van der Waals surface area contributed by atoms with E-state index in [1.165, 1.54) is 25.5 Å². The van der Waals surface area contributed by atoms with E-state index in [0.29, 0.717) is 23.4 Å². The fourth-order valence-corrected chi connectivity index (χ4v) is 2.89. The minimum atomic E-state index is -0.0957. The van der Waals surface area contributed by atoms with E-state index in [1.807, 2.05) is 11.9 Å². The van der Waals surface area contributed by atoms with Gasteiger partial charge in [-0.2, -0.15) is 0 Å². The zero-order valence-corrected chi connectivity index (χ0v) is 12.8. The minimum absolute atomic E-state index is 0.0000141. The Kier molecular flexibility index (Phi) is 5.56. The van der Waals surface area contributed by atoms with Crippen molar-refractivity contribution in [1.29, 1.82) is 0 Å². The van der Waals surface area contributed by atoms with Crippen LogP contribution in [0.2, 0.25) is 0 Å². The Morgan fingerprint density at radius 3 is 2.81 bits per heavy atom. The van der Waals surface area contributed by atoms with E-state index in [-0.39, 0.29) is 19.1 Å². The molecule has 21 heavy (non-hydrogen) atoms. The third kappa shape index (κ3) is 4.17. The van der Waals surface area contributed by atoms with Gasteiger partial charge in [-0.25, -0.2) is 0 Å². The third-order valence-electron chi connectivity index (χ3n) is 4.28. The minimum Gasteiger partial charge on any atom is -0.482 e. The second-order valence-corrected chi connectivity index (χ2v) is 5.77. The molecule has 1 amide bonds. The fraction of sp³-hybridized carbons (Fsp3) is 0.625. The Morgan fingerprint density at radius 2 is 2.19 bits per heavy atom. The van der Waals surface area contributed by atoms with Crippen LogP contribution < -0.4 is 4.74 Å². The first-order valence-electron chi connectivity index (χ1n) is 7.56. The molecule has 1 aliphatic rings. The van der Waals surface area contributed by atoms with Gasteiger partial charge in [0.15, 0.2) is 6.61 Å². The lowest BCUT2D eigenvalue weighted by Gasteiger charge is -2.36. The molecule has 1 saturated carbocycles. The summed E-state index contributed by atoms with van der Waals surface area (Å²) in [5.74, 6) is 1.10. The first kappa shape index (κ1) is 15.8. The summed E-state index contributed by atoms with van der Waals surface area (Å²) in [5, 5.41) is 8.92. The van der Waals surface area contributed by atoms with E-state index < -0.39 is 0 Å². The summed E-state index contributed by atoms with van der Waals surface area (Å²) >= 11 is 0. The highest BCUT2D eigenvalue weighted by Gasteiger charge is 2.27. The number of hydrogen-bond donors (Lipinski definition) is 1. The van der Waals surface area contributed by atoms with Gasteiger partial charge in [-0.15, -0.1) is 0 Å². The molecular weight excluding hydrogens is 268 g/mol. The topological polar surface area (TPSA) is 62.7 Å². The largest absolute Gasteiger partial charge is 0.482 e. The number of likely N-dealkylation sites (N-methyl/N-ethyl adjacent to an activating group) is 1. The monoisotopic (exact) mass is 292 g/mol. The summed E-state index contributed by atoms with van der Waals surface area (Å²) < 4.78 is 5.48. The average molecular weight is 292 g/mol. The number of rotatable bonds is 5. The number of carbonyl (C=O) groups is 1. The fourth-order valence-electron chi connectivity index (χ4n) is 2.89. The van der Waals surface area contributed by atoms with Crippen molar-refractivity contribution in [2.45, 2.75) is 45.3 Å². The molecule has 5 nitrogen and oxygen atoms in total. The summed E-state index contributed by atoms with van der Waals surface area (Å²) in [7, 11) is 1.87. The van der Waals surface area contributed by atoms with Gasteiger partial charge >= 0.3 is 0 Å². The van der Waals surface area contributed by atoms with E-state index in [1.54, 1.807) is 12.1 Å². The number of aliphatic hydroxyl groups excluding tert-OH is 1. The van der Waals surface area contributed by atoms with Crippen LogP contribution in [0.3, 0.4) is 0 Å². The molecule has 0 aliphatic heterocycles. The average Bonchev–Trinajstić information content (AvgIpc) is 2.53. The summed E-state index contributed by atoms with van der Waals surface area (Å²) in [6.07, 6.45) is 6.26. The Labute approximate surface area is 125 Å². The van der Waals surface area contributed by atoms with Crippen molar-refractivity contribution in [2.75, 3.05) is 13.7 Å². The third-order valence-corrected chi connectivity index (χ3v) is 4.28. The first-order chi connectivity index (χ1) is 10.1. The molecule has 0 saturated heterocycles. The van der Waals surface area contributed by atoms with Gasteiger partial charge in [0.05, 0.1) is 18.5 Å². The summed E-state index contributed by atoms with van der Waals surface area (Å²) in [5.41, 5.74) is 0.585. The normalized spacial score (nSPS) is 21.9. The van der Waals surface area contributed by atoms with Crippen LogP contribution in [0.1, 0.15) is 38.3 Å². The van der Waals surface area contributed by atoms with Crippen LogP contribution in [0.25, 0.3) is 0 Å². The zero-order chi connectivity index (χ0) is 15.2. The van der Waals surface area contributed by atoms with Crippen molar-refractivity contribution in [1.82, 2.24) is 9.88 Å². The van der Waals surface area contributed by atoms with E-state index in [0.717, 1.165) is 6.42 Å². The number of aliphatic hydroxyl groups is 1. The SMILES string of the molecule is CC1CCCCC1N(C)C(=O)COc1ccc(CO)nc1. The number of carbonyl (C=O) groups excluding carboxylic acids is 1. The van der Waals surface area contributed by atoms with E-state index >= 15 is 0 Å². The Morgan fingerprint density at radius 1 is 1.43 bits per heavy atom. The smallest absolute Gasteiger partial charge is 0.260 e. The molecule has 1 N–H and O–H groups in total. The summed E-state index contributed by atoms with van der Waals surface area (Å²) in [6, 6.07) is 3.73. The van der Waals surface area contributed by atoms with E-state index in [4.69, 9.17) is 9.84 Å². The predicted molar refractivity (Wildman–Crippen MR) is 79.8 cm³/mol. The van der Waals surface area contributed by atoms with Crippen molar-refractivity contribution in [3.8, 4) is 5.75 Å². The van der Waals surface area contributed by atoms with Crippen molar-refractivity contribution in [2.24, 2.45) is 5.92 Å². The number of hydrogen-bond acceptors (Lipinski definition) is 4. The second-order valence-electron chi connectivity index (χ2n) is 5.77. The van der Waals surface area contributed by atoms with E-state index in [9.17, 15) is 4.79 Å². The number of pyridine rings is 1. The number of amides is 1. The lowest BCUT2D eigenvalue weighted by molar-refractivity contribution is -0.135. The van der Waals surface area contributed by atoms with Crippen molar-refractivity contribution >= 4 is 5.91 Å². The highest BCUT2D eigenvalue weighted by Crippen LogP contribution is 2.27. The maximum atomic E-state index is 12.2. The molecule has 116 valence electrons. The molecule has 2 atom stereocenters. The zero-order valence-electron chi connectivity index (χ0n) is 12.8. The quantitative estimate of drug-likeness (QED) is 0.901. The van der Waals surface area contributed by atoms with Gasteiger partial charge in [0, 0.05) is 13.1 Å². The molecule has 5 heteroatoms. The van der Waals surface area contributed by atoms with Gasteiger partial charge in [0.1, 0.15) is 5.75 Å². The van der Waals surface area contributed by atoms with Gasteiger partial charge in [0.2, 0.25) is 0 Å². The Bertz CT molecular complexity index is 461.